The summed E-state index contributed by atoms with van der Waals surface area (Å²) in [6.07, 6.45) is 1.33. The van der Waals surface area contributed by atoms with Crippen LogP contribution in [0.3, 0.4) is 0 Å². The quantitative estimate of drug-likeness (QED) is 0.470. The van der Waals surface area contributed by atoms with Gasteiger partial charge in [0.2, 0.25) is 0 Å². The van der Waals surface area contributed by atoms with E-state index in [1.54, 1.807) is 13.0 Å². The van der Waals surface area contributed by atoms with Gasteiger partial charge in [0.05, 0.1) is 35.7 Å². The van der Waals surface area contributed by atoms with Crippen molar-refractivity contribution in [2.24, 2.45) is 0 Å². The molecule has 8 heteroatoms. The van der Waals surface area contributed by atoms with Gasteiger partial charge in [-0.2, -0.15) is 0 Å². The first-order chi connectivity index (χ1) is 14.1. The zero-order valence-corrected chi connectivity index (χ0v) is 15.7. The summed E-state index contributed by atoms with van der Waals surface area (Å²) < 4.78 is 20.6. The number of benzene rings is 1. The third-order valence-electron chi connectivity index (χ3n) is 4.39. The molecule has 0 bridgehead atoms. The van der Waals surface area contributed by atoms with Crippen LogP contribution in [0.5, 0.6) is 0 Å². The summed E-state index contributed by atoms with van der Waals surface area (Å²) in [5, 5.41) is 4.38. The van der Waals surface area contributed by atoms with Crippen LogP contribution in [0.25, 0.3) is 22.4 Å². The molecule has 0 spiro atoms. The van der Waals surface area contributed by atoms with Crippen LogP contribution in [0.1, 0.15) is 32.2 Å². The largest absolute Gasteiger partial charge is 0.465 e. The van der Waals surface area contributed by atoms with Crippen molar-refractivity contribution in [3.8, 4) is 11.3 Å². The topological polar surface area (TPSA) is 105 Å². The Bertz CT molecular complexity index is 1190. The molecule has 8 nitrogen and oxygen atoms in total. The van der Waals surface area contributed by atoms with Crippen molar-refractivity contribution in [2.45, 2.75) is 13.5 Å². The Balaban J connectivity index is 1.68. The second kappa shape index (κ2) is 7.59. The predicted molar refractivity (Wildman–Crippen MR) is 101 cm³/mol. The first kappa shape index (κ1) is 18.4. The summed E-state index contributed by atoms with van der Waals surface area (Å²) in [5.74, 6) is -0.994. The van der Waals surface area contributed by atoms with Crippen LogP contribution in [-0.4, -0.2) is 29.2 Å². The molecule has 0 aliphatic carbocycles. The molecule has 0 atom stereocenters. The maximum absolute atomic E-state index is 12.9. The van der Waals surface area contributed by atoms with Gasteiger partial charge in [-0.05, 0) is 19.1 Å². The summed E-state index contributed by atoms with van der Waals surface area (Å²) in [4.78, 5) is 29.1. The van der Waals surface area contributed by atoms with Crippen LogP contribution in [0, 0.1) is 6.92 Å². The number of ether oxygens (including phenoxy) is 2. The molecular weight excluding hydrogens is 376 g/mol. The number of aryl methyl sites for hydroxylation is 1. The Kier molecular flexibility index (Phi) is 4.82. The van der Waals surface area contributed by atoms with Crippen LogP contribution < -0.4 is 0 Å². The van der Waals surface area contributed by atoms with Gasteiger partial charge in [0, 0.05) is 5.56 Å². The molecule has 29 heavy (non-hydrogen) atoms. The van der Waals surface area contributed by atoms with Gasteiger partial charge in [0.15, 0.2) is 12.4 Å². The van der Waals surface area contributed by atoms with E-state index in [9.17, 15) is 9.59 Å². The molecule has 0 saturated heterocycles. The van der Waals surface area contributed by atoms with E-state index in [0.29, 0.717) is 16.8 Å². The van der Waals surface area contributed by atoms with Gasteiger partial charge in [-0.25, -0.2) is 14.6 Å². The molecule has 0 saturated carbocycles. The second-order valence-corrected chi connectivity index (χ2v) is 6.19. The lowest BCUT2D eigenvalue weighted by Gasteiger charge is -2.08. The smallest absolute Gasteiger partial charge is 0.341 e. The summed E-state index contributed by atoms with van der Waals surface area (Å²) in [6, 6.07) is 12.5. The Morgan fingerprint density at radius 2 is 1.86 bits per heavy atom. The lowest BCUT2D eigenvalue weighted by Crippen LogP contribution is -2.09. The number of carbonyl (C=O) groups excluding carboxylic acids is 2. The number of hydrogen-bond donors (Lipinski definition) is 0. The highest BCUT2D eigenvalue weighted by molar-refractivity contribution is 6.04. The highest BCUT2D eigenvalue weighted by atomic mass is 16.5. The molecule has 3 aromatic heterocycles. The predicted octanol–water partition coefficient (Wildman–Crippen LogP) is 3.93. The van der Waals surface area contributed by atoms with Crippen molar-refractivity contribution < 1.29 is 28.0 Å². The van der Waals surface area contributed by atoms with E-state index in [-0.39, 0.29) is 29.2 Å². The minimum atomic E-state index is -0.618. The summed E-state index contributed by atoms with van der Waals surface area (Å²) in [6.45, 7) is 1.49. The van der Waals surface area contributed by atoms with E-state index in [1.165, 1.54) is 19.4 Å². The number of rotatable bonds is 5. The average molecular weight is 392 g/mol. The normalized spacial score (nSPS) is 10.8. The number of fused-ring (bicyclic) bond motifs is 1. The van der Waals surface area contributed by atoms with Crippen molar-refractivity contribution in [2.75, 3.05) is 7.11 Å². The molecule has 0 amide bonds. The molecule has 0 fully saturated rings. The highest BCUT2D eigenvalue weighted by Crippen LogP contribution is 2.28. The minimum absolute atomic E-state index is 0.195. The van der Waals surface area contributed by atoms with E-state index < -0.39 is 11.9 Å². The molecular formula is C21H16N2O6. The van der Waals surface area contributed by atoms with E-state index in [0.717, 1.165) is 5.56 Å². The van der Waals surface area contributed by atoms with E-state index in [1.807, 2.05) is 30.3 Å². The zero-order chi connectivity index (χ0) is 20.4. The monoisotopic (exact) mass is 392 g/mol. The van der Waals surface area contributed by atoms with E-state index in [4.69, 9.17) is 13.7 Å². The van der Waals surface area contributed by atoms with Gasteiger partial charge in [-0.15, -0.1) is 0 Å². The molecule has 0 unspecified atom stereocenters. The molecule has 4 aromatic rings. The van der Waals surface area contributed by atoms with Gasteiger partial charge >= 0.3 is 11.9 Å². The van der Waals surface area contributed by atoms with Gasteiger partial charge in [-0.3, -0.25) is 0 Å². The lowest BCUT2D eigenvalue weighted by atomic mass is 10.1. The molecule has 0 N–H and O–H groups in total. The van der Waals surface area contributed by atoms with Crippen molar-refractivity contribution in [3.63, 3.8) is 0 Å². The molecule has 4 rings (SSSR count). The van der Waals surface area contributed by atoms with Crippen LogP contribution in [0.15, 0.2) is 57.7 Å². The van der Waals surface area contributed by atoms with Crippen molar-refractivity contribution in [3.05, 3.63) is 71.3 Å². The van der Waals surface area contributed by atoms with Gasteiger partial charge < -0.3 is 18.4 Å². The fourth-order valence-electron chi connectivity index (χ4n) is 2.97. The number of furan rings is 1. The first-order valence-corrected chi connectivity index (χ1v) is 8.72. The first-order valence-electron chi connectivity index (χ1n) is 8.72. The minimum Gasteiger partial charge on any atom is -0.465 e. The van der Waals surface area contributed by atoms with Crippen LogP contribution >= 0.6 is 0 Å². The molecule has 0 aliphatic heterocycles. The van der Waals surface area contributed by atoms with Gasteiger partial charge in [0.25, 0.3) is 5.71 Å². The third kappa shape index (κ3) is 3.47. The fraction of sp³-hybridized carbons (Fsp3) is 0.143. The van der Waals surface area contributed by atoms with Crippen LogP contribution in [0.4, 0.5) is 0 Å². The second-order valence-electron chi connectivity index (χ2n) is 6.19. The lowest BCUT2D eigenvalue weighted by molar-refractivity contribution is 0.0434. The average Bonchev–Trinajstić information content (AvgIpc) is 3.38. The SMILES string of the molecule is COC(=O)c1ccoc1COC(=O)c1cc(-c2ccccc2)nc2onc(C)c12. The van der Waals surface area contributed by atoms with E-state index in [2.05, 4.69) is 14.9 Å². The fourth-order valence-corrected chi connectivity index (χ4v) is 2.97. The van der Waals surface area contributed by atoms with E-state index >= 15 is 0 Å². The number of esters is 2. The molecule has 146 valence electrons. The zero-order valence-electron chi connectivity index (χ0n) is 15.7. The van der Waals surface area contributed by atoms with Crippen LogP contribution in [-0.2, 0) is 16.1 Å². The third-order valence-corrected chi connectivity index (χ3v) is 4.39. The molecule has 0 radical (unpaired) electrons. The number of pyridine rings is 1. The summed E-state index contributed by atoms with van der Waals surface area (Å²) >= 11 is 0. The number of nitrogens with zero attached hydrogens (tertiary/aromatic N) is 2. The van der Waals surface area contributed by atoms with Crippen molar-refractivity contribution >= 4 is 23.0 Å². The van der Waals surface area contributed by atoms with Gasteiger partial charge in [0.1, 0.15) is 5.56 Å². The number of aromatic nitrogens is 2. The molecule has 0 aliphatic rings. The molecule has 1 aromatic carbocycles. The Hall–Kier alpha value is -3.94. The Morgan fingerprint density at radius 1 is 1.07 bits per heavy atom. The maximum Gasteiger partial charge on any atom is 0.341 e. The Labute approximate surface area is 165 Å². The van der Waals surface area contributed by atoms with Gasteiger partial charge in [-0.1, -0.05) is 35.5 Å². The van der Waals surface area contributed by atoms with Crippen molar-refractivity contribution in [1.29, 1.82) is 0 Å². The summed E-state index contributed by atoms with van der Waals surface area (Å²) in [5.41, 5.74) is 2.59. The summed E-state index contributed by atoms with van der Waals surface area (Å²) in [7, 11) is 1.26. The van der Waals surface area contributed by atoms with Crippen LogP contribution in [0.2, 0.25) is 0 Å². The highest BCUT2D eigenvalue weighted by Gasteiger charge is 2.22. The maximum atomic E-state index is 12.9. The number of methoxy groups -OCH3 is 1. The Morgan fingerprint density at radius 3 is 2.62 bits per heavy atom. The van der Waals surface area contributed by atoms with Crippen molar-refractivity contribution in [1.82, 2.24) is 10.1 Å². The number of hydrogen-bond acceptors (Lipinski definition) is 8. The number of carbonyl (C=O) groups is 2. The molecule has 3 heterocycles. The standard InChI is InChI=1S/C21H16N2O6/c1-12-18-15(21(25)28-11-17-14(8-9-27-17)20(24)26-2)10-16(22-19(18)29-23-12)13-6-4-3-5-7-13/h3-10H,11H2,1-2H3.